The Balaban J connectivity index is 1.27. The van der Waals surface area contributed by atoms with Crippen molar-refractivity contribution in [2.75, 3.05) is 17.7 Å². The third-order valence-electron chi connectivity index (χ3n) is 6.26. The third-order valence-corrected chi connectivity index (χ3v) is 7.59. The number of pyridine rings is 1. The van der Waals surface area contributed by atoms with Crippen LogP contribution in [0.5, 0.6) is 23.0 Å². The Kier molecular flexibility index (Phi) is 7.98. The van der Waals surface area contributed by atoms with Crippen molar-refractivity contribution in [1.29, 1.82) is 0 Å². The van der Waals surface area contributed by atoms with Crippen molar-refractivity contribution in [3.63, 3.8) is 0 Å². The van der Waals surface area contributed by atoms with Crippen LogP contribution in [-0.2, 0) is 9.59 Å². The van der Waals surface area contributed by atoms with E-state index in [0.29, 0.717) is 58.1 Å². The van der Waals surface area contributed by atoms with Crippen LogP contribution in [0.2, 0.25) is 0 Å². The number of hydrogen-bond acceptors (Lipinski definition) is 8. The van der Waals surface area contributed by atoms with Crippen molar-refractivity contribution in [2.24, 2.45) is 5.41 Å². The van der Waals surface area contributed by atoms with E-state index in [2.05, 4.69) is 15.6 Å². The van der Waals surface area contributed by atoms with Gasteiger partial charge < -0.3 is 5.32 Å². The normalized spacial score (nSPS) is 13.2. The average Bonchev–Trinajstić information content (AvgIpc) is 3.80. The Morgan fingerprint density at radius 1 is 0.875 bits per heavy atom. The van der Waals surface area contributed by atoms with Gasteiger partial charge in [0.15, 0.2) is 0 Å². The summed E-state index contributed by atoms with van der Waals surface area (Å²) in [6.07, 6.45) is 2.55. The molecule has 11 nitrogen and oxygen atoms in total. The van der Waals surface area contributed by atoms with Crippen molar-refractivity contribution in [3.8, 4) is 23.0 Å². The summed E-state index contributed by atoms with van der Waals surface area (Å²) >= 11 is -1.47. The number of rotatable bonds is 10. The first-order valence-electron chi connectivity index (χ1n) is 12.1. The van der Waals surface area contributed by atoms with Crippen LogP contribution in [0.25, 0.3) is 10.9 Å². The Hall–Kier alpha value is -4.43. The van der Waals surface area contributed by atoms with Crippen molar-refractivity contribution in [2.45, 2.75) is 12.8 Å². The number of ether oxygens (including phenoxy) is 2. The minimum atomic E-state index is -1.47. The van der Waals surface area contributed by atoms with Gasteiger partial charge in [-0.3, -0.25) is 9.59 Å². The first-order chi connectivity index (χ1) is 19.4. The maximum absolute atomic E-state index is 13.0. The number of hydrogen-bond donors (Lipinski definition) is 4. The van der Waals surface area contributed by atoms with Crippen molar-refractivity contribution in [3.05, 3.63) is 79.0 Å². The Morgan fingerprint density at radius 3 is 2.17 bits per heavy atom. The van der Waals surface area contributed by atoms with E-state index in [1.54, 1.807) is 66.3 Å². The number of para-hydroxylation sites is 1. The predicted octanol–water partition coefficient (Wildman–Crippen LogP) is 1.87. The van der Waals surface area contributed by atoms with Gasteiger partial charge >= 0.3 is 159 Å². The molecule has 40 heavy (non-hydrogen) atoms. The number of fused-ring (bicyclic) bond motifs is 1. The molecule has 0 unspecified atom stereocenters. The van der Waals surface area contributed by atoms with E-state index in [1.165, 1.54) is 7.11 Å². The van der Waals surface area contributed by atoms with Gasteiger partial charge in [0.05, 0.1) is 0 Å². The molecule has 4 N–H and O–H groups in total. The summed E-state index contributed by atoms with van der Waals surface area (Å²) in [6.45, 7) is 0. The number of aromatic nitrogens is 1. The fourth-order valence-corrected chi connectivity index (χ4v) is 4.85. The number of nitrogens with zero attached hydrogens (tertiary/aromatic N) is 1. The molecule has 5 rings (SSSR count). The van der Waals surface area contributed by atoms with Gasteiger partial charge in [0.25, 0.3) is 0 Å². The molecule has 206 valence electrons. The van der Waals surface area contributed by atoms with Gasteiger partial charge in [-0.2, -0.15) is 0 Å². The van der Waals surface area contributed by atoms with Crippen LogP contribution in [0.1, 0.15) is 12.8 Å². The number of benzene rings is 3. The summed E-state index contributed by atoms with van der Waals surface area (Å²) in [7, 11) is 1.47. The molecule has 1 aliphatic rings. The molecule has 12 heteroatoms. The molecule has 1 saturated carbocycles. The number of hydroxylamine groups is 1. The number of nitrogens with one attached hydrogen (secondary N) is 3. The number of anilines is 2. The zero-order valence-corrected chi connectivity index (χ0v) is 23.3. The van der Waals surface area contributed by atoms with Gasteiger partial charge in [-0.1, -0.05) is 18.2 Å². The summed E-state index contributed by atoms with van der Waals surface area (Å²) in [5.74, 6) is 1.05. The van der Waals surface area contributed by atoms with E-state index in [1.807, 2.05) is 18.2 Å². The van der Waals surface area contributed by atoms with E-state index >= 15 is 0 Å². The van der Waals surface area contributed by atoms with E-state index in [0.717, 1.165) is 0 Å². The molecule has 1 aliphatic carbocycles. The number of halogens is 1. The molecule has 0 radical (unpaired) electrons. The molecular weight excluding hydrogens is 631 g/mol. The van der Waals surface area contributed by atoms with Crippen LogP contribution in [0.4, 0.5) is 16.2 Å². The summed E-state index contributed by atoms with van der Waals surface area (Å²) in [6, 6.07) is 20.9. The summed E-state index contributed by atoms with van der Waals surface area (Å²) in [4.78, 5) is 41.5. The van der Waals surface area contributed by atoms with E-state index < -0.39 is 30.9 Å². The molecule has 0 bridgehead atoms. The minimum absolute atomic E-state index is 0.316. The second-order valence-electron chi connectivity index (χ2n) is 8.85. The number of carbonyl (C=O) groups is 3. The predicted molar refractivity (Wildman–Crippen MR) is 141 cm³/mol. The molecule has 1 heterocycles. The zero-order chi connectivity index (χ0) is 28.1. The van der Waals surface area contributed by atoms with Gasteiger partial charge in [-0.05, 0) is 25.0 Å². The zero-order valence-electron chi connectivity index (χ0n) is 21.1. The fraction of sp³-hybridized carbons (Fsp3) is 0.143. The number of amides is 3. The van der Waals surface area contributed by atoms with E-state index in [-0.39, 0.29) is 11.8 Å². The average molecular weight is 655 g/mol. The molecule has 0 saturated heterocycles. The van der Waals surface area contributed by atoms with Crippen molar-refractivity contribution in [1.82, 2.24) is 10.5 Å². The first-order valence-corrected chi connectivity index (χ1v) is 14.1. The molecule has 0 spiro atoms. The molecule has 3 amide bonds. The SMILES string of the molecule is COc1cc2c(Oc3ccc(NC(=O)C4(C(=O)Nc5ccccc5)CC4)cc3)ccnc2cc1O[I-]C(=O)NO. The number of methoxy groups -OCH3 is 1. The Labute approximate surface area is 239 Å². The second kappa shape index (κ2) is 11.8. The van der Waals surface area contributed by atoms with E-state index in [9.17, 15) is 14.4 Å². The molecule has 3 aromatic carbocycles. The topological polar surface area (TPSA) is 148 Å². The van der Waals surface area contributed by atoms with Gasteiger partial charge in [-0.15, -0.1) is 0 Å². The van der Waals surface area contributed by atoms with Crippen LogP contribution < -0.4 is 50.3 Å². The standard InChI is InChI=1S/C28H24IN4O7/c1-38-23-15-20-21(16-24(23)40-29-27(36)33-37)30-14-11-22(20)39-19-9-7-18(8-10-19)32-26(35)28(12-13-28)25(34)31-17-5-3-2-4-6-17/h2-11,14-16,37H,12-13H2,1H3,(H,31,34)(H,32,35)(H,33,36)/q-1. The third kappa shape index (κ3) is 5.92. The van der Waals surface area contributed by atoms with Gasteiger partial charge in [0.2, 0.25) is 11.8 Å². The van der Waals surface area contributed by atoms with Crippen LogP contribution in [-0.4, -0.2) is 33.0 Å². The monoisotopic (exact) mass is 655 g/mol. The van der Waals surface area contributed by atoms with Gasteiger partial charge in [-0.25, -0.2) is 0 Å². The summed E-state index contributed by atoms with van der Waals surface area (Å²) < 4.78 is 16.4. The van der Waals surface area contributed by atoms with Crippen LogP contribution in [0.3, 0.4) is 0 Å². The molecule has 0 atom stereocenters. The van der Waals surface area contributed by atoms with Crippen molar-refractivity contribution < 1.29 is 53.8 Å². The molecule has 0 aliphatic heterocycles. The summed E-state index contributed by atoms with van der Waals surface area (Å²) in [5.41, 5.74) is 2.21. The summed E-state index contributed by atoms with van der Waals surface area (Å²) in [5, 5.41) is 15.0. The van der Waals surface area contributed by atoms with Crippen LogP contribution in [0, 0.1) is 5.41 Å². The van der Waals surface area contributed by atoms with Crippen LogP contribution in [0.15, 0.2) is 79.0 Å². The molecule has 1 aromatic heterocycles. The molecule has 1 fully saturated rings. The van der Waals surface area contributed by atoms with Crippen LogP contribution >= 0.6 is 0 Å². The molecular formula is C28H24IN4O7-. The molecule has 4 aromatic rings. The van der Waals surface area contributed by atoms with Crippen molar-refractivity contribution >= 4 is 38.0 Å². The first kappa shape index (κ1) is 27.1. The number of carbonyl (C=O) groups excluding carboxylic acids is 3. The Morgan fingerprint density at radius 2 is 1.55 bits per heavy atom. The maximum atomic E-state index is 13.0. The second-order valence-corrected chi connectivity index (χ2v) is 10.7. The quantitative estimate of drug-likeness (QED) is 0.0506. The fourth-order valence-electron chi connectivity index (χ4n) is 3.97. The Bertz CT molecular complexity index is 1560. The van der Waals surface area contributed by atoms with E-state index in [4.69, 9.17) is 17.7 Å². The van der Waals surface area contributed by atoms with Gasteiger partial charge in [0.1, 0.15) is 5.41 Å². The van der Waals surface area contributed by atoms with Gasteiger partial charge in [0, 0.05) is 5.69 Å².